The van der Waals surface area contributed by atoms with E-state index in [1.807, 2.05) is 36.7 Å². The Morgan fingerprint density at radius 3 is 2.20 bits per heavy atom. The highest BCUT2D eigenvalue weighted by Gasteiger charge is 2.39. The number of nitrogens with one attached hydrogen (secondary N) is 1. The van der Waals surface area contributed by atoms with Crippen molar-refractivity contribution >= 4 is 11.6 Å². The van der Waals surface area contributed by atoms with Gasteiger partial charge < -0.3 is 5.32 Å². The van der Waals surface area contributed by atoms with Crippen LogP contribution in [0.5, 0.6) is 0 Å². The molecule has 1 atom stereocenters. The van der Waals surface area contributed by atoms with Crippen molar-refractivity contribution in [3.63, 3.8) is 0 Å². The first kappa shape index (κ1) is 25.0. The van der Waals surface area contributed by atoms with Crippen LogP contribution < -0.4 is 5.32 Å². The maximum atomic E-state index is 13.7. The number of hydrogen-bond acceptors (Lipinski definition) is 3. The molecule has 0 aliphatic carbocycles. The fraction of sp³-hybridized carbons (Fsp3) is 0.429. The molecule has 0 saturated carbocycles. The van der Waals surface area contributed by atoms with Crippen molar-refractivity contribution in [2.24, 2.45) is 0 Å². The molecule has 35 heavy (non-hydrogen) atoms. The van der Waals surface area contributed by atoms with Gasteiger partial charge in [-0.2, -0.15) is 18.3 Å². The molecule has 1 aromatic heterocycles. The number of anilines is 1. The fourth-order valence-electron chi connectivity index (χ4n) is 5.26. The summed E-state index contributed by atoms with van der Waals surface area (Å²) in [7, 11) is 0. The van der Waals surface area contributed by atoms with Gasteiger partial charge >= 0.3 is 6.18 Å². The first-order valence-corrected chi connectivity index (χ1v) is 12.1. The highest BCUT2D eigenvalue weighted by Crippen LogP contribution is 2.42. The Hall–Kier alpha value is -3.09. The molecule has 2 aromatic carbocycles. The van der Waals surface area contributed by atoms with Crippen LogP contribution in [-0.2, 0) is 17.1 Å². The highest BCUT2D eigenvalue weighted by atomic mass is 19.4. The number of rotatable bonds is 7. The third kappa shape index (κ3) is 4.73. The number of alkyl halides is 3. The summed E-state index contributed by atoms with van der Waals surface area (Å²) in [6.07, 6.45) is -0.477. The van der Waals surface area contributed by atoms with Crippen molar-refractivity contribution in [1.29, 1.82) is 0 Å². The number of hydrogen-bond donors (Lipinski definition) is 1. The van der Waals surface area contributed by atoms with Crippen LogP contribution in [-0.4, -0.2) is 15.6 Å². The SMILES string of the molecule is CCC(CC)(CC(=O)c1cnn2c1N[C@H](c1ccccc1)CC2(C)C)c1ccc(C(F)(F)F)cc1. The number of nitrogens with zero attached hydrogens (tertiary/aromatic N) is 2. The lowest BCUT2D eigenvalue weighted by molar-refractivity contribution is -0.137. The van der Waals surface area contributed by atoms with E-state index < -0.39 is 17.2 Å². The van der Waals surface area contributed by atoms with Crippen LogP contribution in [0.15, 0.2) is 60.8 Å². The molecule has 2 heterocycles. The van der Waals surface area contributed by atoms with Crippen molar-refractivity contribution in [3.05, 3.63) is 83.0 Å². The number of carbonyl (C=O) groups is 1. The number of benzene rings is 2. The smallest absolute Gasteiger partial charge is 0.363 e. The first-order valence-electron chi connectivity index (χ1n) is 12.1. The van der Waals surface area contributed by atoms with Gasteiger partial charge in [0, 0.05) is 11.8 Å². The molecule has 0 radical (unpaired) electrons. The normalized spacial score (nSPS) is 17.5. The van der Waals surface area contributed by atoms with E-state index in [9.17, 15) is 18.0 Å². The Labute approximate surface area is 204 Å². The van der Waals surface area contributed by atoms with Gasteiger partial charge in [-0.1, -0.05) is 56.3 Å². The summed E-state index contributed by atoms with van der Waals surface area (Å²) in [5, 5.41) is 8.10. The fourth-order valence-corrected chi connectivity index (χ4v) is 5.26. The van der Waals surface area contributed by atoms with Crippen molar-refractivity contribution in [2.75, 3.05) is 5.32 Å². The van der Waals surface area contributed by atoms with Crippen LogP contribution in [0.3, 0.4) is 0 Å². The van der Waals surface area contributed by atoms with Crippen LogP contribution >= 0.6 is 0 Å². The predicted molar refractivity (Wildman–Crippen MR) is 132 cm³/mol. The Bertz CT molecular complexity index is 1180. The second kappa shape index (κ2) is 9.17. The first-order chi connectivity index (χ1) is 16.5. The van der Waals surface area contributed by atoms with Crippen LogP contribution in [0.25, 0.3) is 0 Å². The third-order valence-electron chi connectivity index (χ3n) is 7.54. The van der Waals surface area contributed by atoms with Gasteiger partial charge in [-0.25, -0.2) is 4.68 Å². The monoisotopic (exact) mass is 483 g/mol. The van der Waals surface area contributed by atoms with E-state index in [-0.39, 0.29) is 23.8 Å². The van der Waals surface area contributed by atoms with Gasteiger partial charge in [0.25, 0.3) is 0 Å². The Morgan fingerprint density at radius 1 is 1.03 bits per heavy atom. The van der Waals surface area contributed by atoms with Gasteiger partial charge in [-0.15, -0.1) is 0 Å². The van der Waals surface area contributed by atoms with Gasteiger partial charge in [-0.3, -0.25) is 4.79 Å². The lowest BCUT2D eigenvalue weighted by Gasteiger charge is -2.38. The zero-order valence-electron chi connectivity index (χ0n) is 20.6. The van der Waals surface area contributed by atoms with Crippen molar-refractivity contribution < 1.29 is 18.0 Å². The van der Waals surface area contributed by atoms with E-state index in [1.54, 1.807) is 6.20 Å². The molecule has 7 heteroatoms. The van der Waals surface area contributed by atoms with Crippen molar-refractivity contribution in [1.82, 2.24) is 9.78 Å². The Balaban J connectivity index is 1.65. The van der Waals surface area contributed by atoms with Crippen LogP contribution in [0.1, 0.15) is 86.5 Å². The van der Waals surface area contributed by atoms with Gasteiger partial charge in [0.15, 0.2) is 5.78 Å². The summed E-state index contributed by atoms with van der Waals surface area (Å²) in [4.78, 5) is 13.7. The van der Waals surface area contributed by atoms with Crippen LogP contribution in [0, 0.1) is 0 Å². The summed E-state index contributed by atoms with van der Waals surface area (Å²) in [5.41, 5.74) is 0.890. The number of ketones is 1. The predicted octanol–water partition coefficient (Wildman–Crippen LogP) is 7.52. The maximum Gasteiger partial charge on any atom is 0.416 e. The molecule has 0 bridgehead atoms. The maximum absolute atomic E-state index is 13.7. The minimum Gasteiger partial charge on any atom is -0.363 e. The number of aromatic nitrogens is 2. The molecule has 0 unspecified atom stereocenters. The molecule has 0 spiro atoms. The topological polar surface area (TPSA) is 46.9 Å². The molecule has 4 nitrogen and oxygen atoms in total. The standard InChI is InChI=1S/C28H32F3N3O/c1-5-27(6-2,20-12-14-21(15-13-20)28(29,30)31)17-24(35)22-18-32-34-25(22)33-23(16-26(34,3)4)19-10-8-7-9-11-19/h7-15,18,23,33H,5-6,16-17H2,1-4H3/t23-/m0/s1. The summed E-state index contributed by atoms with van der Waals surface area (Å²) >= 11 is 0. The molecule has 1 aliphatic heterocycles. The Kier molecular flexibility index (Phi) is 6.56. The molecule has 0 amide bonds. The van der Waals surface area contributed by atoms with E-state index in [2.05, 4.69) is 36.4 Å². The van der Waals surface area contributed by atoms with E-state index in [1.165, 1.54) is 12.1 Å². The molecular weight excluding hydrogens is 451 g/mol. The van der Waals surface area contributed by atoms with E-state index >= 15 is 0 Å². The Morgan fingerprint density at radius 2 is 1.63 bits per heavy atom. The van der Waals surface area contributed by atoms with E-state index in [0.29, 0.717) is 24.2 Å². The summed E-state index contributed by atoms with van der Waals surface area (Å²) in [5.74, 6) is 0.639. The van der Waals surface area contributed by atoms with Crippen LogP contribution in [0.4, 0.5) is 19.0 Å². The van der Waals surface area contributed by atoms with Crippen molar-refractivity contribution in [2.45, 2.75) is 76.6 Å². The number of Topliss-reactive ketones (excluding diaryl/α,β-unsaturated/α-hetero) is 1. The molecule has 1 aliphatic rings. The van der Waals surface area contributed by atoms with Crippen molar-refractivity contribution in [3.8, 4) is 0 Å². The van der Waals surface area contributed by atoms with Gasteiger partial charge in [-0.05, 0) is 56.4 Å². The zero-order chi connectivity index (χ0) is 25.4. The lowest BCUT2D eigenvalue weighted by atomic mass is 9.71. The van der Waals surface area contributed by atoms with Gasteiger partial charge in [0.2, 0.25) is 0 Å². The average Bonchev–Trinajstić information content (AvgIpc) is 3.28. The molecule has 4 rings (SSSR count). The molecule has 3 aromatic rings. The number of carbonyl (C=O) groups excluding carboxylic acids is 1. The van der Waals surface area contributed by atoms with E-state index in [0.717, 1.165) is 29.7 Å². The quantitative estimate of drug-likeness (QED) is 0.354. The largest absolute Gasteiger partial charge is 0.416 e. The number of fused-ring (bicyclic) bond motifs is 1. The summed E-state index contributed by atoms with van der Waals surface area (Å²) in [6.45, 7) is 8.18. The minimum atomic E-state index is -4.39. The average molecular weight is 484 g/mol. The second-order valence-corrected chi connectivity index (χ2v) is 10.1. The van der Waals surface area contributed by atoms with E-state index in [4.69, 9.17) is 0 Å². The molecule has 186 valence electrons. The molecular formula is C28H32F3N3O. The zero-order valence-corrected chi connectivity index (χ0v) is 20.6. The summed E-state index contributed by atoms with van der Waals surface area (Å²) in [6, 6.07) is 15.4. The third-order valence-corrected chi connectivity index (χ3v) is 7.54. The molecule has 1 N–H and O–H groups in total. The van der Waals surface area contributed by atoms with Crippen LogP contribution in [0.2, 0.25) is 0 Å². The molecule has 0 fully saturated rings. The number of halogens is 3. The summed E-state index contributed by atoms with van der Waals surface area (Å²) < 4.78 is 41.1. The minimum absolute atomic E-state index is 0.0407. The molecule has 0 saturated heterocycles. The van der Waals surface area contributed by atoms with Gasteiger partial charge in [0.05, 0.1) is 28.9 Å². The lowest BCUT2D eigenvalue weighted by Crippen LogP contribution is -2.38. The van der Waals surface area contributed by atoms with Gasteiger partial charge in [0.1, 0.15) is 5.82 Å². The second-order valence-electron chi connectivity index (χ2n) is 10.1. The highest BCUT2D eigenvalue weighted by molar-refractivity contribution is 6.01.